The molecule has 6 aromatic rings. The number of H-pyrrole nitrogens is 1. The van der Waals surface area contributed by atoms with Gasteiger partial charge in [0.15, 0.2) is 11.5 Å². The second-order valence-electron chi connectivity index (χ2n) is 9.95. The van der Waals surface area contributed by atoms with E-state index in [0.29, 0.717) is 68.7 Å². The maximum atomic E-state index is 14.4. The summed E-state index contributed by atoms with van der Waals surface area (Å²) in [5.74, 6) is 0.589. The summed E-state index contributed by atoms with van der Waals surface area (Å²) in [5, 5.41) is 17.2. The highest BCUT2D eigenvalue weighted by molar-refractivity contribution is 5.93. The number of carbonyl (C=O) groups excluding carboxylic acids is 1. The molecule has 1 atom stereocenters. The van der Waals surface area contributed by atoms with Crippen molar-refractivity contribution < 1.29 is 10.0 Å². The monoisotopic (exact) mass is 575 g/mol. The Morgan fingerprint density at radius 2 is 1.81 bits per heavy atom. The summed E-state index contributed by atoms with van der Waals surface area (Å²) in [6.45, 7) is 2.42. The third-order valence-electron chi connectivity index (χ3n) is 7.16. The van der Waals surface area contributed by atoms with Gasteiger partial charge in [-0.15, -0.1) is 0 Å². The van der Waals surface area contributed by atoms with E-state index in [-0.39, 0.29) is 11.6 Å². The zero-order valence-electron chi connectivity index (χ0n) is 23.5. The first-order valence-corrected chi connectivity index (χ1v) is 13.8. The van der Waals surface area contributed by atoms with Crippen LogP contribution in [0.1, 0.15) is 41.1 Å². The molecular weight excluding hydrogens is 546 g/mol. The summed E-state index contributed by atoms with van der Waals surface area (Å²) in [7, 11) is 1.28. The van der Waals surface area contributed by atoms with Crippen LogP contribution in [0.15, 0.2) is 90.2 Å². The topological polar surface area (TPSA) is 154 Å². The molecule has 0 aliphatic rings. The maximum absolute atomic E-state index is 14.4. The molecule has 3 heterocycles. The molecule has 0 aliphatic heterocycles. The van der Waals surface area contributed by atoms with E-state index in [2.05, 4.69) is 30.6 Å². The fourth-order valence-electron chi connectivity index (χ4n) is 4.99. The highest BCUT2D eigenvalue weighted by Crippen LogP contribution is 2.28. The molecule has 12 heteroatoms. The number of aromatic nitrogens is 6. The van der Waals surface area contributed by atoms with E-state index in [9.17, 15) is 14.8 Å². The van der Waals surface area contributed by atoms with Crippen LogP contribution in [0.2, 0.25) is 0 Å². The first-order valence-electron chi connectivity index (χ1n) is 13.8. The van der Waals surface area contributed by atoms with Crippen molar-refractivity contribution in [3.05, 3.63) is 113 Å². The Morgan fingerprint density at radius 3 is 2.56 bits per heavy atom. The number of para-hydroxylation sites is 1. The van der Waals surface area contributed by atoms with E-state index in [1.54, 1.807) is 35.2 Å². The minimum Gasteiger partial charge on any atom is -0.380 e. The third kappa shape index (κ3) is 5.38. The number of anilines is 2. The average molecular weight is 576 g/mol. The predicted molar refractivity (Wildman–Crippen MR) is 163 cm³/mol. The standard InChI is InChI=1S/C31H29N9O3/c1-3-22(37-28-26-27(34-17-33-26)35-18-36-28)29-38-24-11-7-10-23(25(24)31(42)40(29)21-8-5-4-6-9-21)32-16-19-12-14-20(15-13-19)30(41)39(2)43/h4-15,17-18,22,32,43H,3,16H2,1-2H3,(H2,33,34,35,36,37)/t22-/m0/s1. The minimum atomic E-state index is -0.495. The molecular formula is C31H29N9O3. The first kappa shape index (κ1) is 27.5. The molecule has 0 bridgehead atoms. The smallest absolute Gasteiger partial charge is 0.276 e. The van der Waals surface area contributed by atoms with Gasteiger partial charge in [-0.3, -0.25) is 19.4 Å². The molecule has 0 unspecified atom stereocenters. The van der Waals surface area contributed by atoms with Gasteiger partial charge in [-0.1, -0.05) is 43.3 Å². The van der Waals surface area contributed by atoms with E-state index in [4.69, 9.17) is 4.98 Å². The van der Waals surface area contributed by atoms with Gasteiger partial charge in [0, 0.05) is 24.8 Å². The summed E-state index contributed by atoms with van der Waals surface area (Å²) < 4.78 is 1.64. The Balaban J connectivity index is 1.40. The quantitative estimate of drug-likeness (QED) is 0.142. The number of hydrogen-bond acceptors (Lipinski definition) is 9. The average Bonchev–Trinajstić information content (AvgIpc) is 3.52. The molecule has 0 fully saturated rings. The van der Waals surface area contributed by atoms with Crippen molar-refractivity contribution in [3.8, 4) is 5.69 Å². The van der Waals surface area contributed by atoms with Crippen molar-refractivity contribution in [3.63, 3.8) is 0 Å². The second kappa shape index (κ2) is 11.7. The lowest BCUT2D eigenvalue weighted by Gasteiger charge is -2.22. The fourth-order valence-corrected chi connectivity index (χ4v) is 4.99. The molecule has 43 heavy (non-hydrogen) atoms. The molecule has 4 N–H and O–H groups in total. The summed E-state index contributed by atoms with van der Waals surface area (Å²) in [4.78, 5) is 47.4. The zero-order valence-corrected chi connectivity index (χ0v) is 23.5. The molecule has 0 saturated heterocycles. The number of fused-ring (bicyclic) bond motifs is 2. The number of carbonyl (C=O) groups is 1. The zero-order chi connectivity index (χ0) is 29.9. The minimum absolute atomic E-state index is 0.214. The van der Waals surface area contributed by atoms with E-state index in [1.165, 1.54) is 13.4 Å². The molecule has 0 aliphatic carbocycles. The van der Waals surface area contributed by atoms with Crippen LogP contribution < -0.4 is 16.2 Å². The number of imidazole rings is 1. The van der Waals surface area contributed by atoms with E-state index < -0.39 is 5.91 Å². The van der Waals surface area contributed by atoms with Crippen molar-refractivity contribution in [1.82, 2.24) is 34.6 Å². The van der Waals surface area contributed by atoms with Crippen molar-refractivity contribution in [2.75, 3.05) is 17.7 Å². The van der Waals surface area contributed by atoms with Crippen LogP contribution in [0.3, 0.4) is 0 Å². The molecule has 12 nitrogen and oxygen atoms in total. The lowest BCUT2D eigenvalue weighted by Crippen LogP contribution is -2.28. The Bertz CT molecular complexity index is 1970. The molecule has 0 radical (unpaired) electrons. The maximum Gasteiger partial charge on any atom is 0.276 e. The lowest BCUT2D eigenvalue weighted by atomic mass is 10.1. The van der Waals surface area contributed by atoms with Crippen LogP contribution >= 0.6 is 0 Å². The van der Waals surface area contributed by atoms with Gasteiger partial charge in [0.25, 0.3) is 11.5 Å². The van der Waals surface area contributed by atoms with E-state index in [0.717, 1.165) is 5.56 Å². The molecule has 6 rings (SSSR count). The van der Waals surface area contributed by atoms with Gasteiger partial charge in [0.05, 0.1) is 29.0 Å². The van der Waals surface area contributed by atoms with Gasteiger partial charge < -0.3 is 15.6 Å². The van der Waals surface area contributed by atoms with Crippen LogP contribution in [-0.2, 0) is 6.54 Å². The molecule has 3 aromatic heterocycles. The number of hydroxylamine groups is 2. The third-order valence-corrected chi connectivity index (χ3v) is 7.16. The van der Waals surface area contributed by atoms with Gasteiger partial charge in [0.1, 0.15) is 17.7 Å². The van der Waals surface area contributed by atoms with Gasteiger partial charge in [0.2, 0.25) is 0 Å². The number of benzene rings is 3. The highest BCUT2D eigenvalue weighted by Gasteiger charge is 2.23. The lowest BCUT2D eigenvalue weighted by molar-refractivity contribution is -0.0374. The summed E-state index contributed by atoms with van der Waals surface area (Å²) in [6, 6.07) is 21.5. The van der Waals surface area contributed by atoms with Gasteiger partial charge >= 0.3 is 0 Å². The number of nitrogens with one attached hydrogen (secondary N) is 3. The highest BCUT2D eigenvalue weighted by atomic mass is 16.5. The summed E-state index contributed by atoms with van der Waals surface area (Å²) in [5.41, 5.74) is 4.14. The van der Waals surface area contributed by atoms with Crippen LogP contribution in [0.5, 0.6) is 0 Å². The van der Waals surface area contributed by atoms with Gasteiger partial charge in [-0.05, 0) is 48.4 Å². The number of amides is 1. The Morgan fingerprint density at radius 1 is 1.02 bits per heavy atom. The summed E-state index contributed by atoms with van der Waals surface area (Å²) in [6.07, 6.45) is 3.64. The van der Waals surface area contributed by atoms with Crippen LogP contribution in [0, 0.1) is 0 Å². The number of rotatable bonds is 9. The molecule has 1 amide bonds. The van der Waals surface area contributed by atoms with Crippen molar-refractivity contribution >= 4 is 39.5 Å². The van der Waals surface area contributed by atoms with Gasteiger partial charge in [-0.25, -0.2) is 25.0 Å². The van der Waals surface area contributed by atoms with Crippen molar-refractivity contribution in [2.24, 2.45) is 0 Å². The SMILES string of the molecule is CC[C@H](Nc1ncnc2[nH]cnc12)c1nc2cccc(NCc3ccc(C(=O)N(C)O)cc3)c2c(=O)n1-c1ccccc1. The number of nitrogens with zero attached hydrogens (tertiary/aromatic N) is 6. The Labute approximate surface area is 246 Å². The van der Waals surface area contributed by atoms with Crippen molar-refractivity contribution in [1.29, 1.82) is 0 Å². The summed E-state index contributed by atoms with van der Waals surface area (Å²) >= 11 is 0. The number of aromatic amines is 1. The Hall–Kier alpha value is -5.62. The van der Waals surface area contributed by atoms with Crippen LogP contribution in [-0.4, -0.2) is 52.7 Å². The molecule has 0 saturated carbocycles. The molecule has 216 valence electrons. The van der Waals surface area contributed by atoms with Crippen LogP contribution in [0.25, 0.3) is 27.8 Å². The Kier molecular flexibility index (Phi) is 7.50. The van der Waals surface area contributed by atoms with E-state index >= 15 is 0 Å². The van der Waals surface area contributed by atoms with Crippen LogP contribution in [0.4, 0.5) is 11.5 Å². The largest absolute Gasteiger partial charge is 0.380 e. The second-order valence-corrected chi connectivity index (χ2v) is 9.95. The normalized spacial score (nSPS) is 11.9. The van der Waals surface area contributed by atoms with Crippen molar-refractivity contribution in [2.45, 2.75) is 25.9 Å². The van der Waals surface area contributed by atoms with E-state index in [1.807, 2.05) is 55.5 Å². The fraction of sp³-hybridized carbons (Fsp3) is 0.161. The molecule has 0 spiro atoms. The number of hydrogen-bond donors (Lipinski definition) is 4. The first-order chi connectivity index (χ1) is 20.9. The molecule has 3 aromatic carbocycles. The predicted octanol–water partition coefficient (Wildman–Crippen LogP) is 4.69. The van der Waals surface area contributed by atoms with Gasteiger partial charge in [-0.2, -0.15) is 0 Å².